The summed E-state index contributed by atoms with van der Waals surface area (Å²) in [6.07, 6.45) is 0.889. The van der Waals surface area contributed by atoms with Gasteiger partial charge in [-0.2, -0.15) is 0 Å². The molecule has 2 aliphatic rings. The first kappa shape index (κ1) is 22.6. The topological polar surface area (TPSA) is 65.5 Å². The van der Waals surface area contributed by atoms with E-state index in [1.54, 1.807) is 0 Å². The van der Waals surface area contributed by atoms with Gasteiger partial charge < -0.3 is 9.80 Å². The van der Waals surface area contributed by atoms with Crippen molar-refractivity contribution in [2.75, 3.05) is 44.2 Å². The Morgan fingerprint density at radius 3 is 2.39 bits per heavy atom. The zero-order chi connectivity index (χ0) is 24.5. The average Bonchev–Trinajstić information content (AvgIpc) is 2.96. The van der Waals surface area contributed by atoms with Crippen LogP contribution in [0.5, 0.6) is 0 Å². The molecule has 0 spiro atoms. The van der Waals surface area contributed by atoms with Gasteiger partial charge in [0.2, 0.25) is 0 Å². The van der Waals surface area contributed by atoms with Crippen LogP contribution in [0.2, 0.25) is 0 Å². The van der Waals surface area contributed by atoms with Gasteiger partial charge in [0, 0.05) is 67.9 Å². The van der Waals surface area contributed by atoms with Crippen LogP contribution in [-0.4, -0.2) is 70.2 Å². The number of piperazine rings is 1. The molecule has 2 aromatic carbocycles. The van der Waals surface area contributed by atoms with E-state index >= 15 is 0 Å². The summed E-state index contributed by atoms with van der Waals surface area (Å²) in [5.41, 5.74) is 5.86. The number of rotatable bonds is 4. The number of carbonyl (C=O) groups excluding carboxylic acids is 1. The van der Waals surface area contributed by atoms with E-state index < -0.39 is 0 Å². The molecule has 0 aliphatic carbocycles. The van der Waals surface area contributed by atoms with Crippen LogP contribution >= 0.6 is 0 Å². The van der Waals surface area contributed by atoms with E-state index in [1.165, 1.54) is 0 Å². The van der Waals surface area contributed by atoms with Gasteiger partial charge in [0.05, 0.1) is 16.8 Å². The van der Waals surface area contributed by atoms with Crippen LogP contribution in [0.15, 0.2) is 66.7 Å². The highest BCUT2D eigenvalue weighted by atomic mass is 16.2. The Kier molecular flexibility index (Phi) is 6.07. The molecular formula is C29H30N6O. The molecule has 7 nitrogen and oxygen atoms in total. The van der Waals surface area contributed by atoms with Crippen molar-refractivity contribution < 1.29 is 4.79 Å². The van der Waals surface area contributed by atoms with Crippen LogP contribution in [0.4, 0.5) is 5.82 Å². The second kappa shape index (κ2) is 9.66. The summed E-state index contributed by atoms with van der Waals surface area (Å²) in [5.74, 6) is 0.972. The Morgan fingerprint density at radius 1 is 0.861 bits per heavy atom. The maximum atomic E-state index is 14.0. The number of benzene rings is 2. The Hall–Kier alpha value is -3.84. The predicted molar refractivity (Wildman–Crippen MR) is 142 cm³/mol. The van der Waals surface area contributed by atoms with Gasteiger partial charge in [0.15, 0.2) is 5.82 Å². The van der Waals surface area contributed by atoms with E-state index in [0.717, 1.165) is 83.9 Å². The van der Waals surface area contributed by atoms with Gasteiger partial charge in [-0.1, -0.05) is 55.5 Å². The van der Waals surface area contributed by atoms with Crippen LogP contribution in [0.3, 0.4) is 0 Å². The quantitative estimate of drug-likeness (QED) is 0.441. The smallest absolute Gasteiger partial charge is 0.255 e. The molecule has 0 atom stereocenters. The highest BCUT2D eigenvalue weighted by Gasteiger charge is 2.30. The average molecular weight is 479 g/mol. The number of hydrogen-bond donors (Lipinski definition) is 0. The predicted octanol–water partition coefficient (Wildman–Crippen LogP) is 4.03. The monoisotopic (exact) mass is 478 g/mol. The third kappa shape index (κ3) is 4.20. The van der Waals surface area contributed by atoms with Crippen molar-refractivity contribution in [2.24, 2.45) is 0 Å². The zero-order valence-corrected chi connectivity index (χ0v) is 20.6. The Labute approximate surface area is 211 Å². The summed E-state index contributed by atoms with van der Waals surface area (Å²) in [6.45, 7) is 7.71. The second-order valence-corrected chi connectivity index (χ2v) is 9.47. The van der Waals surface area contributed by atoms with Crippen LogP contribution in [0, 0.1) is 0 Å². The van der Waals surface area contributed by atoms with Crippen LogP contribution < -0.4 is 4.90 Å². The van der Waals surface area contributed by atoms with Crippen molar-refractivity contribution in [3.05, 3.63) is 83.6 Å². The number of anilines is 1. The van der Waals surface area contributed by atoms with Crippen molar-refractivity contribution in [2.45, 2.75) is 19.9 Å². The van der Waals surface area contributed by atoms with Crippen LogP contribution in [0.1, 0.15) is 28.5 Å². The van der Waals surface area contributed by atoms with E-state index in [2.05, 4.69) is 26.9 Å². The van der Waals surface area contributed by atoms with Gasteiger partial charge in [-0.15, -0.1) is 10.2 Å². The SMILES string of the molecule is CCN1CCc2nc3ccccc3c(C(=O)N3CCN(c4ccc(-c5ccccc5)nn4)CC3)c2C1. The molecule has 7 heteroatoms. The van der Waals surface area contributed by atoms with Gasteiger partial charge in [-0.05, 0) is 24.7 Å². The minimum absolute atomic E-state index is 0.118. The zero-order valence-electron chi connectivity index (χ0n) is 20.6. The normalized spacial score (nSPS) is 16.2. The van der Waals surface area contributed by atoms with E-state index in [-0.39, 0.29) is 5.91 Å². The fourth-order valence-corrected chi connectivity index (χ4v) is 5.31. The Bertz CT molecular complexity index is 1380. The van der Waals surface area contributed by atoms with Crippen molar-refractivity contribution in [1.29, 1.82) is 0 Å². The number of para-hydroxylation sites is 1. The summed E-state index contributed by atoms with van der Waals surface area (Å²) in [5, 5.41) is 9.88. The molecule has 1 fully saturated rings. The van der Waals surface area contributed by atoms with Gasteiger partial charge in [0.1, 0.15) is 0 Å². The molecular weight excluding hydrogens is 448 g/mol. The molecule has 36 heavy (non-hydrogen) atoms. The lowest BCUT2D eigenvalue weighted by molar-refractivity contribution is 0.0745. The first-order valence-electron chi connectivity index (χ1n) is 12.8. The summed E-state index contributed by atoms with van der Waals surface area (Å²) >= 11 is 0. The van der Waals surface area contributed by atoms with E-state index in [9.17, 15) is 4.79 Å². The van der Waals surface area contributed by atoms with Crippen molar-refractivity contribution in [3.63, 3.8) is 0 Å². The van der Waals surface area contributed by atoms with Gasteiger partial charge in [0.25, 0.3) is 5.91 Å². The molecule has 182 valence electrons. The maximum absolute atomic E-state index is 14.0. The molecule has 1 amide bonds. The summed E-state index contributed by atoms with van der Waals surface area (Å²) in [4.78, 5) is 25.5. The number of aromatic nitrogens is 3. The second-order valence-electron chi connectivity index (χ2n) is 9.47. The number of nitrogens with zero attached hydrogens (tertiary/aromatic N) is 6. The Balaban J connectivity index is 1.22. The van der Waals surface area contributed by atoms with Gasteiger partial charge in [-0.25, -0.2) is 0 Å². The first-order valence-corrected chi connectivity index (χ1v) is 12.8. The fourth-order valence-electron chi connectivity index (χ4n) is 5.31. The van der Waals surface area contributed by atoms with Crippen molar-refractivity contribution in [1.82, 2.24) is 25.0 Å². The van der Waals surface area contributed by atoms with Crippen LogP contribution in [0.25, 0.3) is 22.2 Å². The summed E-state index contributed by atoms with van der Waals surface area (Å²) in [6, 6.07) is 22.2. The van der Waals surface area contributed by atoms with Gasteiger partial charge >= 0.3 is 0 Å². The highest BCUT2D eigenvalue weighted by molar-refractivity contribution is 6.07. The van der Waals surface area contributed by atoms with Crippen molar-refractivity contribution in [3.8, 4) is 11.3 Å². The third-order valence-electron chi connectivity index (χ3n) is 7.40. The number of carbonyl (C=O) groups is 1. The highest BCUT2D eigenvalue weighted by Crippen LogP contribution is 2.30. The maximum Gasteiger partial charge on any atom is 0.255 e. The lowest BCUT2D eigenvalue weighted by atomic mass is 9.94. The van der Waals surface area contributed by atoms with Crippen molar-refractivity contribution >= 4 is 22.6 Å². The molecule has 6 rings (SSSR count). The number of hydrogen-bond acceptors (Lipinski definition) is 6. The number of amides is 1. The van der Waals surface area contributed by atoms with Gasteiger partial charge in [-0.3, -0.25) is 14.7 Å². The lowest BCUT2D eigenvalue weighted by Crippen LogP contribution is -2.49. The van der Waals surface area contributed by atoms with E-state index in [0.29, 0.717) is 13.1 Å². The number of likely N-dealkylation sites (N-methyl/N-ethyl adjacent to an activating group) is 1. The minimum Gasteiger partial charge on any atom is -0.352 e. The lowest BCUT2D eigenvalue weighted by Gasteiger charge is -2.36. The summed E-state index contributed by atoms with van der Waals surface area (Å²) < 4.78 is 0. The molecule has 0 radical (unpaired) electrons. The molecule has 4 aromatic rings. The molecule has 0 bridgehead atoms. The molecule has 0 saturated carbocycles. The van der Waals surface area contributed by atoms with Crippen LogP contribution in [-0.2, 0) is 13.0 Å². The summed E-state index contributed by atoms with van der Waals surface area (Å²) in [7, 11) is 0. The molecule has 1 saturated heterocycles. The molecule has 2 aromatic heterocycles. The minimum atomic E-state index is 0.118. The Morgan fingerprint density at radius 2 is 1.64 bits per heavy atom. The largest absolute Gasteiger partial charge is 0.352 e. The number of pyridine rings is 1. The molecule has 0 N–H and O–H groups in total. The molecule has 4 heterocycles. The number of fused-ring (bicyclic) bond motifs is 2. The van der Waals surface area contributed by atoms with E-state index in [4.69, 9.17) is 4.98 Å². The fraction of sp³-hybridized carbons (Fsp3) is 0.310. The molecule has 0 unspecified atom stereocenters. The standard InChI is InChI=1S/C29H30N6O/c1-2-33-15-14-26-23(20-33)28(22-10-6-7-11-25(22)30-26)29(36)35-18-16-34(17-19-35)27-13-12-24(31-32-27)21-8-4-3-5-9-21/h3-13H,2,14-20H2,1H3. The molecule has 2 aliphatic heterocycles. The first-order chi connectivity index (χ1) is 17.7. The third-order valence-corrected chi connectivity index (χ3v) is 7.40. The van der Waals surface area contributed by atoms with E-state index in [1.807, 2.05) is 71.6 Å².